The summed E-state index contributed by atoms with van der Waals surface area (Å²) in [4.78, 5) is 4.42. The lowest BCUT2D eigenvalue weighted by molar-refractivity contribution is 0.446. The maximum absolute atomic E-state index is 13.7. The minimum absolute atomic E-state index is 0.296. The molecule has 2 aliphatic carbocycles. The molecule has 2 fully saturated rings. The van der Waals surface area contributed by atoms with Gasteiger partial charge in [-0.15, -0.1) is 5.10 Å². The molecule has 6 rings (SSSR count). The largest absolute Gasteiger partial charge is 0.381 e. The van der Waals surface area contributed by atoms with Gasteiger partial charge in [-0.1, -0.05) is 28.9 Å². The van der Waals surface area contributed by atoms with Crippen molar-refractivity contribution in [2.24, 2.45) is 0 Å². The van der Waals surface area contributed by atoms with Crippen molar-refractivity contribution in [3.8, 4) is 6.07 Å². The van der Waals surface area contributed by atoms with Gasteiger partial charge in [0.25, 0.3) is 0 Å². The first-order valence-corrected chi connectivity index (χ1v) is 12.1. The number of halogens is 2. The number of rotatable bonds is 7. The van der Waals surface area contributed by atoms with Crippen LogP contribution in [0, 0.1) is 17.1 Å². The lowest BCUT2D eigenvalue weighted by Crippen LogP contribution is -2.27. The number of nitriles is 1. The minimum Gasteiger partial charge on any atom is -0.381 e. The number of benzene rings is 2. The van der Waals surface area contributed by atoms with E-state index in [1.807, 2.05) is 6.07 Å². The number of pyridine rings is 1. The van der Waals surface area contributed by atoms with E-state index in [-0.39, 0.29) is 0 Å². The summed E-state index contributed by atoms with van der Waals surface area (Å²) in [5.74, 6) is -0.390. The van der Waals surface area contributed by atoms with Crippen LogP contribution in [0.5, 0.6) is 0 Å². The molecule has 2 saturated carbocycles. The van der Waals surface area contributed by atoms with E-state index in [2.05, 4.69) is 32.0 Å². The van der Waals surface area contributed by atoms with E-state index >= 15 is 0 Å². The van der Waals surface area contributed by atoms with Crippen molar-refractivity contribution in [2.45, 2.75) is 50.2 Å². The molecular formula is C26H23ClFN7. The van der Waals surface area contributed by atoms with Crippen LogP contribution in [0.4, 0.5) is 15.8 Å². The summed E-state index contributed by atoms with van der Waals surface area (Å²) in [5.41, 5.74) is 3.12. The van der Waals surface area contributed by atoms with Crippen molar-refractivity contribution >= 4 is 33.9 Å². The third kappa shape index (κ3) is 4.28. The first kappa shape index (κ1) is 20.7. The Kier molecular flexibility index (Phi) is 5.21. The Labute approximate surface area is 208 Å². The molecule has 2 heterocycles. The Balaban J connectivity index is 1.46. The van der Waals surface area contributed by atoms with Gasteiger partial charge in [-0.3, -0.25) is 4.98 Å². The van der Waals surface area contributed by atoms with Crippen LogP contribution in [0.1, 0.15) is 62.4 Å². The van der Waals surface area contributed by atoms with Crippen molar-refractivity contribution in [1.82, 2.24) is 20.0 Å². The molecule has 2 N–H and O–H groups in total. The van der Waals surface area contributed by atoms with Crippen molar-refractivity contribution in [3.63, 3.8) is 0 Å². The third-order valence-electron chi connectivity index (χ3n) is 6.59. The standard InChI is InChI=1S/C26H23ClFN7/c27-22-11-19(10-21-24(31-18-2-1-3-18)16(12-29)13-30-26(21)22)32-25(15-4-6-17(28)7-5-15)23-14-35(34-33-23)20-8-9-20/h4-7,10-11,13-14,18,20,25,32H,1-3,8-9H2,(H,30,31)/t25-/m1/s1/i25D. The normalized spacial score (nSPS) is 17.8. The van der Waals surface area contributed by atoms with Crippen LogP contribution >= 0.6 is 11.6 Å². The molecule has 0 aliphatic heterocycles. The summed E-state index contributed by atoms with van der Waals surface area (Å²) in [5, 5.41) is 26.1. The molecule has 0 bridgehead atoms. The van der Waals surface area contributed by atoms with Crippen LogP contribution in [0.25, 0.3) is 10.9 Å². The SMILES string of the molecule is [2H][C@@](Nc1cc(Cl)c2ncc(C#N)c(NC3CCC3)c2c1)(c1ccc(F)cc1)c1cn(C2CC2)nn1. The molecule has 0 spiro atoms. The Bertz CT molecular complexity index is 1490. The van der Waals surface area contributed by atoms with Crippen LogP contribution < -0.4 is 10.6 Å². The van der Waals surface area contributed by atoms with Gasteiger partial charge >= 0.3 is 0 Å². The fraction of sp³-hybridized carbons (Fsp3) is 0.308. The number of hydrogen-bond donors (Lipinski definition) is 2. The average Bonchev–Trinajstić information content (AvgIpc) is 3.57. The molecule has 1 atom stereocenters. The molecule has 4 aromatic rings. The molecule has 0 radical (unpaired) electrons. The Morgan fingerprint density at radius 2 is 2.00 bits per heavy atom. The topological polar surface area (TPSA) is 91.5 Å². The number of aromatic nitrogens is 4. The zero-order valence-electron chi connectivity index (χ0n) is 19.8. The van der Waals surface area contributed by atoms with Gasteiger partial charge in [-0.2, -0.15) is 5.26 Å². The van der Waals surface area contributed by atoms with Crippen LogP contribution in [-0.4, -0.2) is 26.0 Å². The molecule has 0 amide bonds. The van der Waals surface area contributed by atoms with Crippen molar-refractivity contribution in [2.75, 3.05) is 10.6 Å². The average molecular weight is 489 g/mol. The summed E-state index contributed by atoms with van der Waals surface area (Å²) in [6, 6.07) is 10.6. The van der Waals surface area contributed by atoms with Crippen LogP contribution in [0.15, 0.2) is 48.8 Å². The molecule has 2 aromatic heterocycles. The zero-order valence-corrected chi connectivity index (χ0v) is 19.6. The quantitative estimate of drug-likeness (QED) is 0.332. The summed E-state index contributed by atoms with van der Waals surface area (Å²) in [7, 11) is 0. The van der Waals surface area contributed by atoms with E-state index in [0.29, 0.717) is 56.2 Å². The lowest BCUT2D eigenvalue weighted by atomic mass is 9.92. The second-order valence-corrected chi connectivity index (χ2v) is 9.51. The number of fused-ring (bicyclic) bond motifs is 1. The number of hydrogen-bond acceptors (Lipinski definition) is 6. The van der Waals surface area contributed by atoms with E-state index < -0.39 is 11.8 Å². The van der Waals surface area contributed by atoms with Gasteiger partial charge in [-0.05, 0) is 61.9 Å². The molecule has 2 aromatic carbocycles. The summed E-state index contributed by atoms with van der Waals surface area (Å²) in [6.45, 7) is 0. The fourth-order valence-electron chi connectivity index (χ4n) is 4.28. The lowest BCUT2D eigenvalue weighted by Gasteiger charge is -2.28. The molecule has 0 saturated heterocycles. The number of anilines is 2. The summed E-state index contributed by atoms with van der Waals surface area (Å²) < 4.78 is 25.0. The highest BCUT2D eigenvalue weighted by molar-refractivity contribution is 6.35. The zero-order chi connectivity index (χ0) is 24.9. The second kappa shape index (κ2) is 8.82. The van der Waals surface area contributed by atoms with Crippen LogP contribution in [-0.2, 0) is 0 Å². The van der Waals surface area contributed by atoms with Gasteiger partial charge in [0.15, 0.2) is 0 Å². The monoisotopic (exact) mass is 488 g/mol. The molecule has 0 unspecified atom stereocenters. The highest BCUT2D eigenvalue weighted by Crippen LogP contribution is 2.38. The molecule has 176 valence electrons. The van der Waals surface area contributed by atoms with E-state index in [1.54, 1.807) is 29.1 Å². The maximum Gasteiger partial charge on any atom is 0.123 e. The van der Waals surface area contributed by atoms with E-state index in [0.717, 1.165) is 32.1 Å². The second-order valence-electron chi connectivity index (χ2n) is 9.11. The molecule has 35 heavy (non-hydrogen) atoms. The summed E-state index contributed by atoms with van der Waals surface area (Å²) in [6.07, 6.45) is 8.59. The van der Waals surface area contributed by atoms with Crippen molar-refractivity contribution in [1.29, 1.82) is 5.26 Å². The van der Waals surface area contributed by atoms with Gasteiger partial charge in [0, 0.05) is 23.3 Å². The molecule has 9 heteroatoms. The number of nitrogens with one attached hydrogen (secondary N) is 2. The smallest absolute Gasteiger partial charge is 0.123 e. The van der Waals surface area contributed by atoms with Crippen LogP contribution in [0.3, 0.4) is 0 Å². The predicted molar refractivity (Wildman–Crippen MR) is 133 cm³/mol. The Hall–Kier alpha value is -3.70. The highest BCUT2D eigenvalue weighted by Gasteiger charge is 2.27. The summed E-state index contributed by atoms with van der Waals surface area (Å²) >= 11 is 6.65. The molecular weight excluding hydrogens is 465 g/mol. The third-order valence-corrected chi connectivity index (χ3v) is 6.88. The van der Waals surface area contributed by atoms with E-state index in [1.165, 1.54) is 18.3 Å². The van der Waals surface area contributed by atoms with Gasteiger partial charge in [0.2, 0.25) is 0 Å². The molecule has 2 aliphatic rings. The first-order chi connectivity index (χ1) is 17.4. The van der Waals surface area contributed by atoms with Gasteiger partial charge in [0.1, 0.15) is 17.6 Å². The van der Waals surface area contributed by atoms with E-state index in [4.69, 9.17) is 11.6 Å². The van der Waals surface area contributed by atoms with Crippen LogP contribution in [0.2, 0.25) is 5.02 Å². The van der Waals surface area contributed by atoms with Crippen molar-refractivity contribution in [3.05, 3.63) is 76.5 Å². The van der Waals surface area contributed by atoms with Gasteiger partial charge < -0.3 is 10.6 Å². The minimum atomic E-state index is -1.57. The fourth-order valence-corrected chi connectivity index (χ4v) is 4.55. The predicted octanol–water partition coefficient (Wildman–Crippen LogP) is 5.99. The van der Waals surface area contributed by atoms with E-state index in [9.17, 15) is 11.0 Å². The maximum atomic E-state index is 13.7. The first-order valence-electron chi connectivity index (χ1n) is 12.2. The highest BCUT2D eigenvalue weighted by atomic mass is 35.5. The van der Waals surface area contributed by atoms with Crippen molar-refractivity contribution < 1.29 is 5.76 Å². The van der Waals surface area contributed by atoms with Gasteiger partial charge in [0.05, 0.1) is 41.4 Å². The Morgan fingerprint density at radius 1 is 1.20 bits per heavy atom. The molecule has 7 nitrogen and oxygen atoms in total. The van der Waals surface area contributed by atoms with Gasteiger partial charge in [-0.25, -0.2) is 9.07 Å². The Morgan fingerprint density at radius 3 is 2.69 bits per heavy atom. The number of nitrogens with zero attached hydrogens (tertiary/aromatic N) is 5.